The van der Waals surface area contributed by atoms with E-state index in [2.05, 4.69) is 23.0 Å². The van der Waals surface area contributed by atoms with Crippen molar-refractivity contribution < 1.29 is 9.59 Å². The highest BCUT2D eigenvalue weighted by Crippen LogP contribution is 2.25. The molecule has 6 nitrogen and oxygen atoms in total. The van der Waals surface area contributed by atoms with E-state index in [-0.39, 0.29) is 23.9 Å². The van der Waals surface area contributed by atoms with E-state index in [1.807, 2.05) is 52.3 Å². The molecule has 2 atom stereocenters. The minimum absolute atomic E-state index is 0.0557. The van der Waals surface area contributed by atoms with Gasteiger partial charge in [-0.05, 0) is 42.5 Å². The zero-order chi connectivity index (χ0) is 21.6. The molecular formula is C24H29ClN4O2. The van der Waals surface area contributed by atoms with Gasteiger partial charge in [-0.25, -0.2) is 10.9 Å². The molecule has 2 aromatic carbocycles. The van der Waals surface area contributed by atoms with E-state index in [9.17, 15) is 9.59 Å². The van der Waals surface area contributed by atoms with Crippen LogP contribution in [0.25, 0.3) is 0 Å². The monoisotopic (exact) mass is 440 g/mol. The fourth-order valence-corrected chi connectivity index (χ4v) is 4.50. The van der Waals surface area contributed by atoms with Crippen molar-refractivity contribution >= 4 is 23.4 Å². The molecule has 7 heteroatoms. The summed E-state index contributed by atoms with van der Waals surface area (Å²) >= 11 is 6.09. The number of rotatable bonds is 6. The van der Waals surface area contributed by atoms with Gasteiger partial charge in [-0.15, -0.1) is 0 Å². The predicted molar refractivity (Wildman–Crippen MR) is 121 cm³/mol. The van der Waals surface area contributed by atoms with Crippen molar-refractivity contribution in [3.05, 3.63) is 70.7 Å². The maximum absolute atomic E-state index is 12.9. The van der Waals surface area contributed by atoms with Gasteiger partial charge in [0, 0.05) is 43.7 Å². The first-order chi connectivity index (χ1) is 15.1. The Kier molecular flexibility index (Phi) is 7.22. The summed E-state index contributed by atoms with van der Waals surface area (Å²) < 4.78 is 0. The van der Waals surface area contributed by atoms with Crippen LogP contribution < -0.4 is 10.9 Å². The summed E-state index contributed by atoms with van der Waals surface area (Å²) in [6, 6.07) is 17.7. The molecule has 2 amide bonds. The summed E-state index contributed by atoms with van der Waals surface area (Å²) in [5.74, 6) is 0.276. The highest BCUT2D eigenvalue weighted by Gasteiger charge is 2.34. The third kappa shape index (κ3) is 5.64. The SMILES string of the molecule is O=C(CCCc1ccccc1)N1CCN(C(=O)C2CC(c3cccc(Cl)c3)NN2)CC1. The molecule has 2 heterocycles. The Hall–Kier alpha value is -2.41. The smallest absolute Gasteiger partial charge is 0.241 e. The number of nitrogens with one attached hydrogen (secondary N) is 2. The van der Waals surface area contributed by atoms with Crippen LogP contribution in [-0.4, -0.2) is 53.8 Å². The Morgan fingerprint density at radius 2 is 1.68 bits per heavy atom. The molecule has 2 aliphatic rings. The van der Waals surface area contributed by atoms with E-state index < -0.39 is 0 Å². The van der Waals surface area contributed by atoms with Gasteiger partial charge in [-0.1, -0.05) is 54.1 Å². The van der Waals surface area contributed by atoms with Crippen molar-refractivity contribution in [1.29, 1.82) is 0 Å². The van der Waals surface area contributed by atoms with Crippen molar-refractivity contribution in [3.63, 3.8) is 0 Å². The van der Waals surface area contributed by atoms with Crippen LogP contribution in [0, 0.1) is 0 Å². The van der Waals surface area contributed by atoms with Gasteiger partial charge in [-0.3, -0.25) is 9.59 Å². The van der Waals surface area contributed by atoms with Gasteiger partial charge in [-0.2, -0.15) is 0 Å². The van der Waals surface area contributed by atoms with Crippen molar-refractivity contribution in [2.45, 2.75) is 37.8 Å². The van der Waals surface area contributed by atoms with Crippen molar-refractivity contribution in [2.75, 3.05) is 26.2 Å². The second-order valence-corrected chi connectivity index (χ2v) is 8.67. The first-order valence-corrected chi connectivity index (χ1v) is 11.3. The molecule has 2 aliphatic heterocycles. The fraction of sp³-hybridized carbons (Fsp3) is 0.417. The number of amides is 2. The summed E-state index contributed by atoms with van der Waals surface area (Å²) in [4.78, 5) is 29.2. The van der Waals surface area contributed by atoms with Crippen LogP contribution in [0.1, 0.15) is 36.4 Å². The normalized spacial score (nSPS) is 21.3. The van der Waals surface area contributed by atoms with E-state index in [1.54, 1.807) is 0 Å². The molecule has 2 unspecified atom stereocenters. The molecular weight excluding hydrogens is 412 g/mol. The molecule has 2 saturated heterocycles. The zero-order valence-electron chi connectivity index (χ0n) is 17.6. The van der Waals surface area contributed by atoms with Crippen LogP contribution in [0.15, 0.2) is 54.6 Å². The number of piperazine rings is 1. The number of hydrazine groups is 1. The number of nitrogens with zero attached hydrogens (tertiary/aromatic N) is 2. The lowest BCUT2D eigenvalue weighted by atomic mass is 10.0. The minimum Gasteiger partial charge on any atom is -0.339 e. The second kappa shape index (κ2) is 10.3. The molecule has 2 aromatic rings. The molecule has 0 bridgehead atoms. The lowest BCUT2D eigenvalue weighted by Gasteiger charge is -2.36. The number of benzene rings is 2. The lowest BCUT2D eigenvalue weighted by molar-refractivity contribution is -0.140. The first kappa shape index (κ1) is 21.8. The Morgan fingerprint density at radius 1 is 0.935 bits per heavy atom. The number of halogens is 1. The average molecular weight is 441 g/mol. The van der Waals surface area contributed by atoms with Gasteiger partial charge in [0.1, 0.15) is 6.04 Å². The number of hydrogen-bond donors (Lipinski definition) is 2. The van der Waals surface area contributed by atoms with Crippen LogP contribution in [-0.2, 0) is 16.0 Å². The summed E-state index contributed by atoms with van der Waals surface area (Å²) in [5, 5.41) is 0.693. The van der Waals surface area contributed by atoms with Gasteiger partial charge < -0.3 is 9.80 Å². The molecule has 2 N–H and O–H groups in total. The van der Waals surface area contributed by atoms with Crippen LogP contribution in [0.3, 0.4) is 0 Å². The summed E-state index contributed by atoms with van der Waals surface area (Å²) in [6.45, 7) is 2.38. The van der Waals surface area contributed by atoms with Crippen LogP contribution in [0.2, 0.25) is 5.02 Å². The van der Waals surface area contributed by atoms with Crippen LogP contribution >= 0.6 is 11.6 Å². The molecule has 2 fully saturated rings. The average Bonchev–Trinajstić information content (AvgIpc) is 3.30. The van der Waals surface area contributed by atoms with E-state index in [0.29, 0.717) is 44.0 Å². The highest BCUT2D eigenvalue weighted by atomic mass is 35.5. The van der Waals surface area contributed by atoms with Gasteiger partial charge in [0.05, 0.1) is 0 Å². The number of carbonyl (C=O) groups is 2. The van der Waals surface area contributed by atoms with Crippen LogP contribution in [0.4, 0.5) is 0 Å². The lowest BCUT2D eigenvalue weighted by Crippen LogP contribution is -2.54. The van der Waals surface area contributed by atoms with Crippen molar-refractivity contribution in [1.82, 2.24) is 20.7 Å². The second-order valence-electron chi connectivity index (χ2n) is 8.23. The number of carbonyl (C=O) groups excluding carboxylic acids is 2. The van der Waals surface area contributed by atoms with Crippen molar-refractivity contribution in [2.24, 2.45) is 0 Å². The fourth-order valence-electron chi connectivity index (χ4n) is 4.30. The van der Waals surface area contributed by atoms with Crippen molar-refractivity contribution in [3.8, 4) is 0 Å². The molecule has 0 spiro atoms. The molecule has 0 aliphatic carbocycles. The molecule has 0 radical (unpaired) electrons. The quantitative estimate of drug-likeness (QED) is 0.724. The zero-order valence-corrected chi connectivity index (χ0v) is 18.4. The van der Waals surface area contributed by atoms with Gasteiger partial charge in [0.15, 0.2) is 0 Å². The van der Waals surface area contributed by atoms with Gasteiger partial charge in [0.2, 0.25) is 11.8 Å². The highest BCUT2D eigenvalue weighted by molar-refractivity contribution is 6.30. The maximum atomic E-state index is 12.9. The minimum atomic E-state index is -0.267. The number of aryl methyl sites for hydroxylation is 1. The summed E-state index contributed by atoms with van der Waals surface area (Å²) in [6.07, 6.45) is 3.00. The third-order valence-corrected chi connectivity index (χ3v) is 6.33. The Morgan fingerprint density at radius 3 is 2.42 bits per heavy atom. The standard InChI is InChI=1S/C24H29ClN4O2/c25-20-10-5-9-19(16-20)21-17-22(27-26-21)24(31)29-14-12-28(13-15-29)23(30)11-4-8-18-6-2-1-3-7-18/h1-3,5-7,9-10,16,21-22,26-27H,4,8,11-15,17H2. The van der Waals surface area contributed by atoms with Gasteiger partial charge >= 0.3 is 0 Å². The maximum Gasteiger partial charge on any atom is 0.241 e. The predicted octanol–water partition coefficient (Wildman–Crippen LogP) is 2.94. The molecule has 4 rings (SSSR count). The topological polar surface area (TPSA) is 64.7 Å². The first-order valence-electron chi connectivity index (χ1n) is 11.0. The van der Waals surface area contributed by atoms with E-state index in [1.165, 1.54) is 5.56 Å². The van der Waals surface area contributed by atoms with E-state index >= 15 is 0 Å². The van der Waals surface area contributed by atoms with Crippen LogP contribution in [0.5, 0.6) is 0 Å². The Balaban J connectivity index is 1.20. The molecule has 31 heavy (non-hydrogen) atoms. The molecule has 0 saturated carbocycles. The van der Waals surface area contributed by atoms with E-state index in [4.69, 9.17) is 11.6 Å². The summed E-state index contributed by atoms with van der Waals surface area (Å²) in [7, 11) is 0. The summed E-state index contributed by atoms with van der Waals surface area (Å²) in [5.41, 5.74) is 8.68. The Bertz CT molecular complexity index is 899. The third-order valence-electron chi connectivity index (χ3n) is 6.10. The Labute approximate surface area is 188 Å². The van der Waals surface area contributed by atoms with Gasteiger partial charge in [0.25, 0.3) is 0 Å². The number of hydrogen-bond acceptors (Lipinski definition) is 4. The largest absolute Gasteiger partial charge is 0.339 e. The molecule has 164 valence electrons. The molecule has 0 aromatic heterocycles. The van der Waals surface area contributed by atoms with E-state index in [0.717, 1.165) is 18.4 Å².